The van der Waals surface area contributed by atoms with Crippen molar-refractivity contribution in [3.05, 3.63) is 53.6 Å². The van der Waals surface area contributed by atoms with Crippen LogP contribution in [0.2, 0.25) is 0 Å². The lowest BCUT2D eigenvalue weighted by Gasteiger charge is -2.18. The summed E-state index contributed by atoms with van der Waals surface area (Å²) in [4.78, 5) is 12.6. The summed E-state index contributed by atoms with van der Waals surface area (Å²) in [5, 5.41) is 0. The minimum absolute atomic E-state index is 0.0164. The fraction of sp³-hybridized carbons (Fsp3) is 0.318. The largest absolute Gasteiger partial charge is 0.493 e. The number of halogens is 2. The Morgan fingerprint density at radius 2 is 1.56 bits per heavy atom. The van der Waals surface area contributed by atoms with Crippen molar-refractivity contribution in [1.82, 2.24) is 4.31 Å². The van der Waals surface area contributed by atoms with E-state index in [1.807, 2.05) is 0 Å². The predicted molar refractivity (Wildman–Crippen MR) is 116 cm³/mol. The fourth-order valence-electron chi connectivity index (χ4n) is 2.97. The number of carbonyl (C=O) groups excluding carboxylic acids is 1. The molecule has 2 aromatic carbocycles. The fourth-order valence-corrected chi connectivity index (χ4v) is 4.43. The zero-order valence-electron chi connectivity index (χ0n) is 18.2. The molecule has 10 heteroatoms. The number of allylic oxidation sites excluding steroid dienone is 1. The van der Waals surface area contributed by atoms with Gasteiger partial charge < -0.3 is 14.2 Å². The summed E-state index contributed by atoms with van der Waals surface area (Å²) in [5.74, 6) is -0.591. The first-order chi connectivity index (χ1) is 15.2. The lowest BCUT2D eigenvalue weighted by atomic mass is 10.1. The number of benzene rings is 2. The van der Waals surface area contributed by atoms with E-state index in [0.717, 1.165) is 0 Å². The van der Waals surface area contributed by atoms with Crippen molar-refractivity contribution in [3.8, 4) is 17.2 Å². The summed E-state index contributed by atoms with van der Waals surface area (Å²) >= 11 is 0. The molecule has 0 spiro atoms. The van der Waals surface area contributed by atoms with Gasteiger partial charge in [0.25, 0.3) is 0 Å². The number of ketones is 1. The van der Waals surface area contributed by atoms with Gasteiger partial charge in [0.2, 0.25) is 15.8 Å². The number of rotatable bonds is 11. The Hall–Kier alpha value is -2.98. The molecular weight excluding hydrogens is 444 g/mol. The van der Waals surface area contributed by atoms with Gasteiger partial charge in [0.1, 0.15) is 0 Å². The van der Waals surface area contributed by atoms with Gasteiger partial charge in [-0.1, -0.05) is 19.9 Å². The van der Waals surface area contributed by atoms with Crippen LogP contribution in [0, 0.1) is 0 Å². The summed E-state index contributed by atoms with van der Waals surface area (Å²) in [6, 6.07) is 8.48. The van der Waals surface area contributed by atoms with E-state index in [9.17, 15) is 22.0 Å². The summed E-state index contributed by atoms with van der Waals surface area (Å²) in [5.41, 5.74) is 0.741. The lowest BCUT2D eigenvalue weighted by molar-refractivity contribution is -0.0526. The Morgan fingerprint density at radius 3 is 2.00 bits per heavy atom. The Bertz CT molecular complexity index is 1040. The molecule has 0 aromatic heterocycles. The first-order valence-electron chi connectivity index (χ1n) is 9.71. The number of methoxy groups -OCH3 is 2. The molecule has 2 rings (SSSR count). The van der Waals surface area contributed by atoms with E-state index in [-0.39, 0.29) is 33.5 Å². The van der Waals surface area contributed by atoms with Crippen LogP contribution in [-0.4, -0.2) is 52.4 Å². The summed E-state index contributed by atoms with van der Waals surface area (Å²) in [6.07, 6.45) is 2.73. The number of ether oxygens (including phenoxy) is 3. The van der Waals surface area contributed by atoms with Crippen molar-refractivity contribution >= 4 is 21.9 Å². The number of nitrogens with zero attached hydrogens (tertiary/aromatic N) is 1. The van der Waals surface area contributed by atoms with Gasteiger partial charge in [0.05, 0.1) is 19.1 Å². The second kappa shape index (κ2) is 11.1. The molecule has 0 heterocycles. The first-order valence-corrected chi connectivity index (χ1v) is 11.1. The summed E-state index contributed by atoms with van der Waals surface area (Å²) in [6.45, 7) is 1.13. The van der Waals surface area contributed by atoms with E-state index in [0.29, 0.717) is 18.7 Å². The highest BCUT2D eigenvalue weighted by atomic mass is 32.2. The second-order valence-electron chi connectivity index (χ2n) is 6.44. The van der Waals surface area contributed by atoms with Crippen molar-refractivity contribution in [2.75, 3.05) is 27.3 Å². The van der Waals surface area contributed by atoms with Gasteiger partial charge in [0, 0.05) is 18.7 Å². The van der Waals surface area contributed by atoms with Crippen LogP contribution in [0.1, 0.15) is 29.8 Å². The molecule has 0 fully saturated rings. The first kappa shape index (κ1) is 25.3. The Morgan fingerprint density at radius 1 is 1.03 bits per heavy atom. The van der Waals surface area contributed by atoms with Gasteiger partial charge in [-0.2, -0.15) is 13.1 Å². The highest BCUT2D eigenvalue weighted by Gasteiger charge is 2.21. The van der Waals surface area contributed by atoms with Crippen LogP contribution in [-0.2, 0) is 10.0 Å². The third kappa shape index (κ3) is 5.83. The van der Waals surface area contributed by atoms with Crippen LogP contribution in [0.3, 0.4) is 0 Å². The van der Waals surface area contributed by atoms with E-state index >= 15 is 0 Å². The molecule has 32 heavy (non-hydrogen) atoms. The lowest BCUT2D eigenvalue weighted by Crippen LogP contribution is -2.30. The van der Waals surface area contributed by atoms with Crippen molar-refractivity contribution in [2.45, 2.75) is 25.4 Å². The van der Waals surface area contributed by atoms with Gasteiger partial charge in [-0.25, -0.2) is 8.42 Å². The Balaban J connectivity index is 2.27. The number of hydrogen-bond acceptors (Lipinski definition) is 6. The van der Waals surface area contributed by atoms with Gasteiger partial charge in [-0.05, 0) is 48.0 Å². The number of sulfonamides is 1. The molecule has 7 nitrogen and oxygen atoms in total. The Labute approximate surface area is 186 Å². The topological polar surface area (TPSA) is 82.1 Å². The molecule has 0 atom stereocenters. The molecule has 0 unspecified atom stereocenters. The summed E-state index contributed by atoms with van der Waals surface area (Å²) in [7, 11) is -1.03. The molecule has 0 bridgehead atoms. The molecule has 2 aromatic rings. The van der Waals surface area contributed by atoms with Crippen molar-refractivity contribution in [1.29, 1.82) is 0 Å². The molecule has 0 saturated carbocycles. The average Bonchev–Trinajstić information content (AvgIpc) is 2.78. The second-order valence-corrected chi connectivity index (χ2v) is 8.38. The third-order valence-electron chi connectivity index (χ3n) is 4.60. The monoisotopic (exact) mass is 469 g/mol. The maximum Gasteiger partial charge on any atom is 0.387 e. The molecule has 0 aliphatic rings. The van der Waals surface area contributed by atoms with Gasteiger partial charge in [-0.15, -0.1) is 0 Å². The zero-order valence-corrected chi connectivity index (χ0v) is 19.0. The molecule has 0 aliphatic heterocycles. The van der Waals surface area contributed by atoms with Crippen molar-refractivity contribution < 1.29 is 36.2 Å². The normalized spacial score (nSPS) is 11.9. The highest BCUT2D eigenvalue weighted by molar-refractivity contribution is 7.89. The zero-order chi connectivity index (χ0) is 23.9. The molecule has 0 saturated heterocycles. The van der Waals surface area contributed by atoms with Gasteiger partial charge in [0.15, 0.2) is 17.3 Å². The average molecular weight is 470 g/mol. The highest BCUT2D eigenvalue weighted by Crippen LogP contribution is 2.39. The molecule has 0 aliphatic carbocycles. The molecule has 0 N–H and O–H groups in total. The third-order valence-corrected chi connectivity index (χ3v) is 6.66. The van der Waals surface area contributed by atoms with Crippen LogP contribution in [0.25, 0.3) is 6.08 Å². The van der Waals surface area contributed by atoms with Crippen LogP contribution in [0.5, 0.6) is 17.2 Å². The van der Waals surface area contributed by atoms with Crippen molar-refractivity contribution in [2.24, 2.45) is 0 Å². The molecule has 0 radical (unpaired) electrons. The van der Waals surface area contributed by atoms with Crippen LogP contribution in [0.15, 0.2) is 47.4 Å². The summed E-state index contributed by atoms with van der Waals surface area (Å²) < 4.78 is 66.3. The number of alkyl halides is 2. The van der Waals surface area contributed by atoms with Crippen LogP contribution in [0.4, 0.5) is 8.78 Å². The maximum absolute atomic E-state index is 12.6. The minimum Gasteiger partial charge on any atom is -0.493 e. The van der Waals surface area contributed by atoms with E-state index in [1.165, 1.54) is 67.1 Å². The van der Waals surface area contributed by atoms with E-state index in [4.69, 9.17) is 9.47 Å². The maximum atomic E-state index is 12.6. The van der Waals surface area contributed by atoms with Crippen LogP contribution >= 0.6 is 0 Å². The predicted octanol–water partition coefficient (Wildman–Crippen LogP) is 4.23. The standard InChI is InChI=1S/C22H25F2NO6S/c1-5-25(6-2)32(27,28)17-10-8-16(9-11-17)18(26)12-7-15-13-19(29-3)21(31-22(23)24)20(14-15)30-4/h7-14,22H,5-6H2,1-4H3/b12-7+. The van der Waals surface area contributed by atoms with E-state index in [1.54, 1.807) is 13.8 Å². The molecule has 174 valence electrons. The van der Waals surface area contributed by atoms with Gasteiger partial charge >= 0.3 is 6.61 Å². The van der Waals surface area contributed by atoms with Crippen molar-refractivity contribution in [3.63, 3.8) is 0 Å². The Kier molecular flexibility index (Phi) is 8.73. The van der Waals surface area contributed by atoms with E-state index in [2.05, 4.69) is 4.74 Å². The molecule has 0 amide bonds. The van der Waals surface area contributed by atoms with Crippen LogP contribution < -0.4 is 14.2 Å². The quantitative estimate of drug-likeness (QED) is 0.362. The minimum atomic E-state index is -3.62. The van der Waals surface area contributed by atoms with E-state index < -0.39 is 16.6 Å². The SMILES string of the molecule is CCN(CC)S(=O)(=O)c1ccc(C(=O)/C=C/c2cc(OC)c(OC(F)F)c(OC)c2)cc1. The number of carbonyl (C=O) groups is 1. The smallest absolute Gasteiger partial charge is 0.387 e. The van der Waals surface area contributed by atoms with Gasteiger partial charge in [-0.3, -0.25) is 4.79 Å². The number of hydrogen-bond donors (Lipinski definition) is 0. The molecular formula is C22H25F2NO6S.